The van der Waals surface area contributed by atoms with Gasteiger partial charge in [0.15, 0.2) is 40.1 Å². The summed E-state index contributed by atoms with van der Waals surface area (Å²) in [5.74, 6) is -6.08. The molecular weight excluding hydrogens is 890 g/mol. The molecule has 19 nitrogen and oxygen atoms in total. The van der Waals surface area contributed by atoms with Crippen LogP contribution in [-0.2, 0) is 38.1 Å². The smallest absolute Gasteiger partial charge is 0.364 e. The monoisotopic (exact) mass is 931 g/mol. The van der Waals surface area contributed by atoms with E-state index in [4.69, 9.17) is 35.0 Å². The molecule has 0 bridgehead atoms. The number of amides is 1. The van der Waals surface area contributed by atoms with E-state index in [0.717, 1.165) is 25.2 Å². The number of benzene rings is 2. The molecule has 8 rings (SSSR count). The normalized spacial score (nSPS) is 32.5. The molecule has 3 aliphatic carbocycles. The third-order valence-electron chi connectivity index (χ3n) is 12.7. The van der Waals surface area contributed by atoms with Crippen LogP contribution in [0.25, 0.3) is 11.0 Å². The van der Waals surface area contributed by atoms with E-state index in [2.05, 4.69) is 5.32 Å². The maximum atomic E-state index is 14.4. The summed E-state index contributed by atoms with van der Waals surface area (Å²) in [7, 11) is 0. The predicted molar refractivity (Wildman–Crippen MR) is 227 cm³/mol. The SMILES string of the molecule is CC(=O)OC1C(C)OC(c2ccc3c(c2O)C(O)C24OC2(C3=O)C2(O)C(=O)C=C(C)CC2(O)CC4O)CC1OC(=O)C=CC=CC=CC=CC(=O)Nc1c(O)c2ccc(O)c(Cl)c2oc1=O. The van der Waals surface area contributed by atoms with E-state index in [0.29, 0.717) is 5.57 Å². The number of aromatic hydroxyl groups is 3. The number of epoxide rings is 1. The van der Waals surface area contributed by atoms with Crippen molar-refractivity contribution in [2.45, 2.75) is 99.1 Å². The first-order valence-electron chi connectivity index (χ1n) is 20.5. The Morgan fingerprint density at radius 2 is 1.61 bits per heavy atom. The zero-order valence-electron chi connectivity index (χ0n) is 35.1. The average molecular weight is 932 g/mol. The Kier molecular flexibility index (Phi) is 11.5. The van der Waals surface area contributed by atoms with Crippen LogP contribution in [0.3, 0.4) is 0 Å². The number of nitrogens with one attached hydrogen (secondary N) is 1. The lowest BCUT2D eigenvalue weighted by Gasteiger charge is -2.54. The van der Waals surface area contributed by atoms with Crippen molar-refractivity contribution in [3.63, 3.8) is 0 Å². The molecule has 2 saturated heterocycles. The van der Waals surface area contributed by atoms with E-state index in [1.54, 1.807) is 6.92 Å². The van der Waals surface area contributed by atoms with Crippen LogP contribution in [0.4, 0.5) is 5.69 Å². The fraction of sp³-hybridized carbons (Fsp3) is 0.348. The van der Waals surface area contributed by atoms with Crippen molar-refractivity contribution in [2.75, 3.05) is 5.32 Å². The van der Waals surface area contributed by atoms with Crippen LogP contribution in [0.2, 0.25) is 5.02 Å². The summed E-state index contributed by atoms with van der Waals surface area (Å²) in [6.07, 6.45) is 2.51. The number of allylic oxidation sites excluding steroid dienone is 6. The minimum absolute atomic E-state index is 0.00805. The van der Waals surface area contributed by atoms with Crippen LogP contribution in [0.15, 0.2) is 93.7 Å². The first kappa shape index (κ1) is 46.1. The topological polar surface area (TPSA) is 309 Å². The van der Waals surface area contributed by atoms with E-state index in [9.17, 15) is 64.5 Å². The number of Topliss-reactive ketones (excluding diaryl/α,β-unsaturated/α-hetero) is 1. The third kappa shape index (κ3) is 6.88. The second kappa shape index (κ2) is 16.5. The van der Waals surface area contributed by atoms with Gasteiger partial charge in [-0.05, 0) is 32.1 Å². The number of carbonyl (C=O) groups excluding carboxylic acids is 5. The second-order valence-electron chi connectivity index (χ2n) is 16.7. The van der Waals surface area contributed by atoms with E-state index >= 15 is 0 Å². The van der Waals surface area contributed by atoms with Crippen LogP contribution in [-0.4, -0.2) is 112 Å². The van der Waals surface area contributed by atoms with Crippen molar-refractivity contribution in [3.05, 3.63) is 117 Å². The minimum Gasteiger partial charge on any atom is -0.507 e. The van der Waals surface area contributed by atoms with Crippen LogP contribution < -0.4 is 10.9 Å². The molecule has 1 saturated carbocycles. The van der Waals surface area contributed by atoms with E-state index in [1.807, 2.05) is 0 Å². The van der Waals surface area contributed by atoms with E-state index in [-0.39, 0.29) is 51.3 Å². The number of fused-ring (bicyclic) bond motifs is 3. The zero-order chi connectivity index (χ0) is 47.8. The summed E-state index contributed by atoms with van der Waals surface area (Å²) in [5, 5.41) is 80.8. The summed E-state index contributed by atoms with van der Waals surface area (Å²) in [6.45, 7) is 4.23. The van der Waals surface area contributed by atoms with Gasteiger partial charge in [0.25, 0.3) is 0 Å². The molecule has 8 N–H and O–H groups in total. The molecule has 2 aromatic carbocycles. The van der Waals surface area contributed by atoms with Crippen molar-refractivity contribution < 1.29 is 83.1 Å². The van der Waals surface area contributed by atoms with Crippen molar-refractivity contribution in [3.8, 4) is 17.2 Å². The number of ether oxygens (including phenoxy) is 4. The Morgan fingerprint density at radius 1 is 0.924 bits per heavy atom. The van der Waals surface area contributed by atoms with Gasteiger partial charge >= 0.3 is 17.6 Å². The molecule has 0 spiro atoms. The lowest BCUT2D eigenvalue weighted by atomic mass is 9.50. The molecule has 0 radical (unpaired) electrons. The van der Waals surface area contributed by atoms with Crippen LogP contribution in [0, 0.1) is 0 Å². The highest BCUT2D eigenvalue weighted by Crippen LogP contribution is 2.74. The molecule has 2 aliphatic heterocycles. The average Bonchev–Trinajstić information content (AvgIpc) is 3.98. The third-order valence-corrected chi connectivity index (χ3v) is 13.0. The van der Waals surface area contributed by atoms with E-state index < -0.39 is 118 Å². The molecule has 66 heavy (non-hydrogen) atoms. The molecule has 10 unspecified atom stereocenters. The maximum absolute atomic E-state index is 14.4. The Labute approximate surface area is 378 Å². The highest BCUT2D eigenvalue weighted by Gasteiger charge is 2.96. The number of aliphatic hydroxyl groups is 4. The van der Waals surface area contributed by atoms with Crippen molar-refractivity contribution in [1.82, 2.24) is 0 Å². The molecule has 346 valence electrons. The number of esters is 2. The summed E-state index contributed by atoms with van der Waals surface area (Å²) < 4.78 is 28.2. The summed E-state index contributed by atoms with van der Waals surface area (Å²) in [4.78, 5) is 77.7. The number of carbonyl (C=O) groups is 5. The molecule has 20 heteroatoms. The fourth-order valence-corrected chi connectivity index (χ4v) is 9.99. The van der Waals surface area contributed by atoms with Gasteiger partial charge in [-0.15, -0.1) is 0 Å². The number of hydrogen-bond donors (Lipinski definition) is 8. The van der Waals surface area contributed by atoms with Crippen LogP contribution >= 0.6 is 11.6 Å². The maximum Gasteiger partial charge on any atom is 0.364 e. The first-order valence-corrected chi connectivity index (χ1v) is 20.8. The lowest BCUT2D eigenvalue weighted by Crippen LogP contribution is -2.78. The van der Waals surface area contributed by atoms with Gasteiger partial charge in [0, 0.05) is 55.0 Å². The van der Waals surface area contributed by atoms with Gasteiger partial charge in [0.05, 0.1) is 23.7 Å². The van der Waals surface area contributed by atoms with Gasteiger partial charge < -0.3 is 64.4 Å². The standard InChI is InChI=1S/C46H42ClNO18/c1-20-16-29(51)45(61)43(60,18-20)19-30(52)44-41(58)33-24(40(57)46(44,45)66-44)13-12-23(36(33)55)27-17-28(38(21(2)62-27)63-22(3)49)64-32(54)11-9-7-5-4-6-8-10-31(53)48-35-37(56)25-14-15-26(50)34(47)39(25)65-42(35)59/h4-16,21,27-28,30,38,41,50,52,55-56,58,60-61H,17-19H2,1-3H3,(H,48,53). The number of rotatable bonds is 9. The number of halogens is 1. The summed E-state index contributed by atoms with van der Waals surface area (Å²) in [5.41, 5.74) is -12.3. The van der Waals surface area contributed by atoms with Gasteiger partial charge in [-0.2, -0.15) is 0 Å². The van der Waals surface area contributed by atoms with Crippen molar-refractivity contribution >= 4 is 57.7 Å². The Morgan fingerprint density at radius 3 is 2.30 bits per heavy atom. The predicted octanol–water partition coefficient (Wildman–Crippen LogP) is 3.00. The zero-order valence-corrected chi connectivity index (χ0v) is 35.8. The number of anilines is 1. The quantitative estimate of drug-likeness (QED) is 0.0503. The molecule has 5 aliphatic rings. The Bertz CT molecular complexity index is 2840. The van der Waals surface area contributed by atoms with Crippen molar-refractivity contribution in [2.24, 2.45) is 0 Å². The largest absolute Gasteiger partial charge is 0.507 e. The second-order valence-corrected chi connectivity index (χ2v) is 17.1. The molecule has 1 amide bonds. The molecule has 3 aromatic rings. The van der Waals surface area contributed by atoms with Crippen LogP contribution in [0.1, 0.15) is 73.7 Å². The summed E-state index contributed by atoms with van der Waals surface area (Å²) >= 11 is 5.94. The highest BCUT2D eigenvalue weighted by molar-refractivity contribution is 6.36. The Balaban J connectivity index is 0.943. The number of hydrogen-bond acceptors (Lipinski definition) is 18. The number of phenols is 2. The van der Waals surface area contributed by atoms with Crippen molar-refractivity contribution in [1.29, 1.82) is 0 Å². The Hall–Kier alpha value is -6.45. The number of ketones is 2. The van der Waals surface area contributed by atoms with Crippen LogP contribution in [0.5, 0.6) is 17.2 Å². The molecule has 10 atom stereocenters. The van der Waals surface area contributed by atoms with Gasteiger partial charge in [-0.1, -0.05) is 65.8 Å². The number of aliphatic hydroxyl groups excluding tert-OH is 2. The van der Waals surface area contributed by atoms with Gasteiger partial charge in [-0.3, -0.25) is 19.2 Å². The highest BCUT2D eigenvalue weighted by atomic mass is 35.5. The molecule has 3 fully saturated rings. The van der Waals surface area contributed by atoms with E-state index in [1.165, 1.54) is 67.6 Å². The fourth-order valence-electron chi connectivity index (χ4n) is 9.78. The number of phenolic OH excluding ortho intramolecular Hbond substituents is 2. The molecular formula is C46H42ClNO18. The first-order chi connectivity index (χ1) is 31.1. The molecule has 3 heterocycles. The van der Waals surface area contributed by atoms with Gasteiger partial charge in [0.2, 0.25) is 17.3 Å². The van der Waals surface area contributed by atoms with Gasteiger partial charge in [-0.25, -0.2) is 9.59 Å². The minimum atomic E-state index is -2.88. The molecule has 1 aromatic heterocycles. The van der Waals surface area contributed by atoms with Gasteiger partial charge in [0.1, 0.15) is 34.3 Å². The summed E-state index contributed by atoms with van der Waals surface area (Å²) in [6, 6.07) is 4.95. The lowest BCUT2D eigenvalue weighted by molar-refractivity contribution is -0.210.